The van der Waals surface area contributed by atoms with Gasteiger partial charge in [-0.2, -0.15) is 0 Å². The second kappa shape index (κ2) is 6.73. The highest BCUT2D eigenvalue weighted by Gasteiger charge is 2.06. The van der Waals surface area contributed by atoms with Crippen LogP contribution >= 0.6 is 15.9 Å². The van der Waals surface area contributed by atoms with E-state index in [0.717, 1.165) is 16.8 Å². The van der Waals surface area contributed by atoms with Crippen molar-refractivity contribution in [3.63, 3.8) is 0 Å². The maximum absolute atomic E-state index is 5.35. The maximum Gasteiger partial charge on any atom is 0.123 e. The third-order valence-electron chi connectivity index (χ3n) is 3.16. The molecular formula is C16H18BrNO. The standard InChI is InChI=1S/C16H18BrNO/c1-12(13-7-9-15(17)10-8-13)18-11-14-5-3-4-6-16(14)19-2/h3-10,12,18H,11H2,1-2H3/t12-/m1/s1. The Kier molecular flexibility index (Phi) is 5.00. The van der Waals surface area contributed by atoms with E-state index in [-0.39, 0.29) is 0 Å². The van der Waals surface area contributed by atoms with Crippen LogP contribution in [0.3, 0.4) is 0 Å². The zero-order valence-corrected chi connectivity index (χ0v) is 12.8. The van der Waals surface area contributed by atoms with Crippen LogP contribution in [0, 0.1) is 0 Å². The summed E-state index contributed by atoms with van der Waals surface area (Å²) in [4.78, 5) is 0. The predicted molar refractivity (Wildman–Crippen MR) is 82.4 cm³/mol. The number of hydrogen-bond acceptors (Lipinski definition) is 2. The van der Waals surface area contributed by atoms with Crippen molar-refractivity contribution in [1.29, 1.82) is 0 Å². The van der Waals surface area contributed by atoms with E-state index in [1.54, 1.807) is 7.11 Å². The Hall–Kier alpha value is -1.32. The normalized spacial score (nSPS) is 12.2. The van der Waals surface area contributed by atoms with E-state index in [1.807, 2.05) is 18.2 Å². The van der Waals surface area contributed by atoms with Gasteiger partial charge in [0.1, 0.15) is 5.75 Å². The number of rotatable bonds is 5. The SMILES string of the molecule is COc1ccccc1CN[C@H](C)c1ccc(Br)cc1. The molecule has 1 atom stereocenters. The Morgan fingerprint density at radius 2 is 1.79 bits per heavy atom. The molecule has 0 radical (unpaired) electrons. The fourth-order valence-corrected chi connectivity index (χ4v) is 2.25. The molecule has 0 aliphatic heterocycles. The number of nitrogens with one attached hydrogen (secondary N) is 1. The van der Waals surface area contributed by atoms with Crippen molar-refractivity contribution < 1.29 is 4.74 Å². The summed E-state index contributed by atoms with van der Waals surface area (Å²) < 4.78 is 6.46. The maximum atomic E-state index is 5.35. The van der Waals surface area contributed by atoms with Gasteiger partial charge in [-0.1, -0.05) is 46.3 Å². The van der Waals surface area contributed by atoms with Gasteiger partial charge in [0.25, 0.3) is 0 Å². The monoisotopic (exact) mass is 319 g/mol. The van der Waals surface area contributed by atoms with Gasteiger partial charge in [-0.05, 0) is 30.7 Å². The molecule has 100 valence electrons. The number of methoxy groups -OCH3 is 1. The quantitative estimate of drug-likeness (QED) is 0.886. The van der Waals surface area contributed by atoms with E-state index < -0.39 is 0 Å². The molecule has 1 N–H and O–H groups in total. The first-order chi connectivity index (χ1) is 9.20. The molecule has 0 unspecified atom stereocenters. The summed E-state index contributed by atoms with van der Waals surface area (Å²) in [6.45, 7) is 2.96. The summed E-state index contributed by atoms with van der Waals surface area (Å²) in [5, 5.41) is 3.51. The average molecular weight is 320 g/mol. The van der Waals surface area contributed by atoms with E-state index >= 15 is 0 Å². The van der Waals surface area contributed by atoms with Crippen LogP contribution in [0.5, 0.6) is 5.75 Å². The average Bonchev–Trinajstić information content (AvgIpc) is 2.45. The van der Waals surface area contributed by atoms with E-state index in [2.05, 4.69) is 58.5 Å². The number of para-hydroxylation sites is 1. The fraction of sp³-hybridized carbons (Fsp3) is 0.250. The molecule has 0 aliphatic rings. The molecule has 0 saturated carbocycles. The van der Waals surface area contributed by atoms with Crippen molar-refractivity contribution in [2.75, 3.05) is 7.11 Å². The summed E-state index contributed by atoms with van der Waals surface area (Å²) in [7, 11) is 1.71. The van der Waals surface area contributed by atoms with Gasteiger partial charge in [0.2, 0.25) is 0 Å². The zero-order chi connectivity index (χ0) is 13.7. The van der Waals surface area contributed by atoms with Crippen molar-refractivity contribution >= 4 is 15.9 Å². The van der Waals surface area contributed by atoms with Crippen molar-refractivity contribution in [2.24, 2.45) is 0 Å². The number of ether oxygens (including phenoxy) is 1. The summed E-state index contributed by atoms with van der Waals surface area (Å²) in [6, 6.07) is 16.8. The molecule has 0 bridgehead atoms. The van der Waals surface area contributed by atoms with E-state index in [9.17, 15) is 0 Å². The second-order valence-corrected chi connectivity index (χ2v) is 5.38. The first-order valence-electron chi connectivity index (χ1n) is 6.31. The van der Waals surface area contributed by atoms with Crippen LogP contribution in [0.2, 0.25) is 0 Å². The van der Waals surface area contributed by atoms with E-state index in [4.69, 9.17) is 4.74 Å². The number of halogens is 1. The van der Waals surface area contributed by atoms with Crippen molar-refractivity contribution in [3.8, 4) is 5.75 Å². The first kappa shape index (κ1) is 14.1. The summed E-state index contributed by atoms with van der Waals surface area (Å²) in [6.07, 6.45) is 0. The lowest BCUT2D eigenvalue weighted by Crippen LogP contribution is -2.18. The Morgan fingerprint density at radius 1 is 1.11 bits per heavy atom. The lowest BCUT2D eigenvalue weighted by atomic mass is 10.1. The number of hydrogen-bond donors (Lipinski definition) is 1. The van der Waals surface area contributed by atoms with Gasteiger partial charge in [-0.3, -0.25) is 0 Å². The summed E-state index contributed by atoms with van der Waals surface area (Å²) >= 11 is 3.45. The molecule has 0 spiro atoms. The molecule has 2 nitrogen and oxygen atoms in total. The Bertz CT molecular complexity index is 525. The molecule has 2 rings (SSSR count). The molecule has 0 saturated heterocycles. The molecular weight excluding hydrogens is 302 g/mol. The minimum absolute atomic E-state index is 0.304. The van der Waals surface area contributed by atoms with Gasteiger partial charge in [-0.25, -0.2) is 0 Å². The van der Waals surface area contributed by atoms with Gasteiger partial charge in [0, 0.05) is 22.6 Å². The molecule has 2 aromatic rings. The van der Waals surface area contributed by atoms with Crippen LogP contribution < -0.4 is 10.1 Å². The predicted octanol–water partition coefficient (Wildman–Crippen LogP) is 4.31. The first-order valence-corrected chi connectivity index (χ1v) is 7.10. The highest BCUT2D eigenvalue weighted by Crippen LogP contribution is 2.20. The minimum Gasteiger partial charge on any atom is -0.496 e. The second-order valence-electron chi connectivity index (χ2n) is 4.47. The largest absolute Gasteiger partial charge is 0.496 e. The molecule has 0 aliphatic carbocycles. The molecule has 19 heavy (non-hydrogen) atoms. The van der Waals surface area contributed by atoms with Crippen LogP contribution in [0.15, 0.2) is 53.0 Å². The summed E-state index contributed by atoms with van der Waals surface area (Å²) in [5.74, 6) is 0.929. The summed E-state index contributed by atoms with van der Waals surface area (Å²) in [5.41, 5.74) is 2.45. The Morgan fingerprint density at radius 3 is 2.47 bits per heavy atom. The Labute approximate surface area is 122 Å². The van der Waals surface area contributed by atoms with Gasteiger partial charge in [0.05, 0.1) is 7.11 Å². The van der Waals surface area contributed by atoms with Gasteiger partial charge >= 0.3 is 0 Å². The lowest BCUT2D eigenvalue weighted by molar-refractivity contribution is 0.406. The molecule has 2 aromatic carbocycles. The molecule has 0 aromatic heterocycles. The minimum atomic E-state index is 0.304. The highest BCUT2D eigenvalue weighted by atomic mass is 79.9. The highest BCUT2D eigenvalue weighted by molar-refractivity contribution is 9.10. The molecule has 0 heterocycles. The van der Waals surface area contributed by atoms with Crippen molar-refractivity contribution in [2.45, 2.75) is 19.5 Å². The molecule has 0 amide bonds. The van der Waals surface area contributed by atoms with Crippen LogP contribution in [-0.4, -0.2) is 7.11 Å². The zero-order valence-electron chi connectivity index (χ0n) is 11.2. The molecule has 3 heteroatoms. The van der Waals surface area contributed by atoms with Crippen LogP contribution in [0.4, 0.5) is 0 Å². The Balaban J connectivity index is 2.00. The third-order valence-corrected chi connectivity index (χ3v) is 3.69. The van der Waals surface area contributed by atoms with Crippen LogP contribution in [0.1, 0.15) is 24.1 Å². The third kappa shape index (κ3) is 3.82. The van der Waals surface area contributed by atoms with Crippen LogP contribution in [-0.2, 0) is 6.54 Å². The lowest BCUT2D eigenvalue weighted by Gasteiger charge is -2.16. The van der Waals surface area contributed by atoms with Crippen LogP contribution in [0.25, 0.3) is 0 Å². The smallest absolute Gasteiger partial charge is 0.123 e. The van der Waals surface area contributed by atoms with E-state index in [0.29, 0.717) is 6.04 Å². The fourth-order valence-electron chi connectivity index (χ4n) is 1.98. The number of benzene rings is 2. The van der Waals surface area contributed by atoms with Gasteiger partial charge < -0.3 is 10.1 Å². The van der Waals surface area contributed by atoms with Gasteiger partial charge in [0.15, 0.2) is 0 Å². The van der Waals surface area contributed by atoms with Crippen molar-refractivity contribution in [1.82, 2.24) is 5.32 Å². The van der Waals surface area contributed by atoms with Gasteiger partial charge in [-0.15, -0.1) is 0 Å². The molecule has 0 fully saturated rings. The topological polar surface area (TPSA) is 21.3 Å². The van der Waals surface area contributed by atoms with Crippen molar-refractivity contribution in [3.05, 3.63) is 64.1 Å². The van der Waals surface area contributed by atoms with E-state index in [1.165, 1.54) is 11.1 Å².